The lowest BCUT2D eigenvalue weighted by Gasteiger charge is -2.34. The van der Waals surface area contributed by atoms with Crippen LogP contribution in [0.4, 0.5) is 0 Å². The van der Waals surface area contributed by atoms with E-state index < -0.39 is 11.2 Å². The molecule has 0 aliphatic rings. The number of rotatable bonds is 2. The van der Waals surface area contributed by atoms with E-state index in [1.165, 1.54) is 0 Å². The number of hydrogen-bond acceptors (Lipinski definition) is 2. The first-order chi connectivity index (χ1) is 3.81. The van der Waals surface area contributed by atoms with Crippen molar-refractivity contribution in [3.63, 3.8) is 0 Å². The highest BCUT2D eigenvalue weighted by Gasteiger charge is 2.35. The molecule has 56 valence electrons. The Kier molecular flexibility index (Phi) is 2.44. The van der Waals surface area contributed by atoms with E-state index in [-0.39, 0.29) is 0 Å². The van der Waals surface area contributed by atoms with Crippen molar-refractivity contribution in [1.82, 2.24) is 0 Å². The highest BCUT2D eigenvalue weighted by Crippen LogP contribution is 2.23. The second kappa shape index (κ2) is 2.40. The fraction of sp³-hybridized carbons (Fsp3) is 1.00. The van der Waals surface area contributed by atoms with Gasteiger partial charge in [0.1, 0.15) is 0 Å². The molecule has 0 spiro atoms. The third-order valence-corrected chi connectivity index (χ3v) is 3.38. The first-order valence-electron chi connectivity index (χ1n) is 3.26. The molecule has 0 saturated heterocycles. The third kappa shape index (κ3) is 2.08. The van der Waals surface area contributed by atoms with Gasteiger partial charge in [0.25, 0.3) is 0 Å². The maximum absolute atomic E-state index is 9.44. The Hall–Kier alpha value is 0.137. The summed E-state index contributed by atoms with van der Waals surface area (Å²) in [5.41, 5.74) is -1.87. The average Bonchev–Trinajstić information content (AvgIpc) is 1.64. The number of aliphatic hydroxyl groups is 2. The smallest absolute Gasteiger partial charge is 0.0871 e. The maximum atomic E-state index is 9.44. The van der Waals surface area contributed by atoms with Crippen LogP contribution < -0.4 is 0 Å². The summed E-state index contributed by atoms with van der Waals surface area (Å²) in [5.74, 6) is 0. The highest BCUT2D eigenvalue weighted by molar-refractivity contribution is 6.09. The molecule has 0 rings (SSSR count). The normalized spacial score (nSPS) is 19.7. The van der Waals surface area contributed by atoms with Gasteiger partial charge in [-0.15, -0.1) is 0 Å². The van der Waals surface area contributed by atoms with Gasteiger partial charge in [-0.05, 0) is 26.8 Å². The summed E-state index contributed by atoms with van der Waals surface area (Å²) < 4.78 is 0. The first-order valence-corrected chi connectivity index (χ1v) is 4.67. The van der Waals surface area contributed by atoms with Crippen molar-refractivity contribution in [1.29, 1.82) is 0 Å². The van der Waals surface area contributed by atoms with Gasteiger partial charge in [-0.25, -0.2) is 0 Å². The fourth-order valence-electron chi connectivity index (χ4n) is 0.433. The Morgan fingerprint density at radius 3 is 1.56 bits per heavy atom. The largest absolute Gasteiger partial charge is 0.388 e. The van der Waals surface area contributed by atoms with Crippen molar-refractivity contribution in [3.05, 3.63) is 0 Å². The van der Waals surface area contributed by atoms with Crippen LogP contribution in [0.1, 0.15) is 20.8 Å². The molecule has 0 bridgehead atoms. The van der Waals surface area contributed by atoms with Gasteiger partial charge >= 0.3 is 0 Å². The fourth-order valence-corrected chi connectivity index (χ4v) is 1.30. The molecule has 0 saturated carbocycles. The quantitative estimate of drug-likeness (QED) is 0.508. The summed E-state index contributed by atoms with van der Waals surface area (Å²) in [6, 6.07) is 0.705. The predicted octanol–water partition coefficient (Wildman–Crippen LogP) is -0.708. The van der Waals surface area contributed by atoms with Crippen molar-refractivity contribution in [2.75, 3.05) is 0 Å². The Balaban J connectivity index is 4.14. The lowest BCUT2D eigenvalue weighted by Crippen LogP contribution is -2.47. The molecule has 0 aromatic rings. The molecular formula is C6H16O2Si. The summed E-state index contributed by atoms with van der Waals surface area (Å²) in [4.78, 5) is 0. The van der Waals surface area contributed by atoms with Gasteiger partial charge in [-0.3, -0.25) is 0 Å². The molecular weight excluding hydrogens is 132 g/mol. The Labute approximate surface area is 59.3 Å². The maximum Gasteiger partial charge on any atom is 0.0871 e. The summed E-state index contributed by atoms with van der Waals surface area (Å²) in [5, 5.41) is 18.8. The molecule has 3 heteroatoms. The zero-order chi connectivity index (χ0) is 7.71. The van der Waals surface area contributed by atoms with E-state index >= 15 is 0 Å². The van der Waals surface area contributed by atoms with Crippen LogP contribution in [-0.2, 0) is 0 Å². The molecule has 0 aromatic carbocycles. The van der Waals surface area contributed by atoms with E-state index in [0.717, 1.165) is 10.2 Å². The molecule has 0 aliphatic carbocycles. The molecule has 0 fully saturated rings. The van der Waals surface area contributed by atoms with Crippen LogP contribution in [-0.4, -0.2) is 31.7 Å². The van der Waals surface area contributed by atoms with Gasteiger partial charge in [0.05, 0.1) is 11.2 Å². The van der Waals surface area contributed by atoms with Crippen LogP contribution in [0.3, 0.4) is 0 Å². The van der Waals surface area contributed by atoms with Crippen molar-refractivity contribution < 1.29 is 10.2 Å². The van der Waals surface area contributed by atoms with Crippen LogP contribution in [0, 0.1) is 0 Å². The zero-order valence-electron chi connectivity index (χ0n) is 6.60. The van der Waals surface area contributed by atoms with E-state index in [2.05, 4.69) is 0 Å². The van der Waals surface area contributed by atoms with Crippen LogP contribution in [0.2, 0.25) is 6.04 Å². The Bertz CT molecular complexity index is 93.7. The van der Waals surface area contributed by atoms with Gasteiger partial charge in [0.2, 0.25) is 0 Å². The van der Waals surface area contributed by atoms with Crippen LogP contribution in [0.15, 0.2) is 0 Å². The Morgan fingerprint density at radius 1 is 1.22 bits per heavy atom. The molecule has 2 nitrogen and oxygen atoms in total. The van der Waals surface area contributed by atoms with Crippen molar-refractivity contribution >= 4 is 10.2 Å². The van der Waals surface area contributed by atoms with E-state index in [1.54, 1.807) is 20.8 Å². The number of hydrogen-bond donors (Lipinski definition) is 2. The lowest BCUT2D eigenvalue weighted by atomic mass is 9.90. The summed E-state index contributed by atoms with van der Waals surface area (Å²) >= 11 is 0. The minimum absolute atomic E-state index is 0.705. The standard InChI is InChI=1S/C6H16O2Si/c1-5(2,7)6(3,8)4-9/h7-8H,4H2,1-3,9H3. The van der Waals surface area contributed by atoms with Crippen molar-refractivity contribution in [2.45, 2.75) is 38.0 Å². The molecule has 0 aliphatic heterocycles. The third-order valence-electron chi connectivity index (χ3n) is 2.01. The van der Waals surface area contributed by atoms with Gasteiger partial charge in [-0.1, -0.05) is 0 Å². The van der Waals surface area contributed by atoms with Crippen LogP contribution in [0.25, 0.3) is 0 Å². The molecule has 0 aromatic heterocycles. The van der Waals surface area contributed by atoms with Gasteiger partial charge < -0.3 is 10.2 Å². The van der Waals surface area contributed by atoms with Gasteiger partial charge in [0, 0.05) is 10.2 Å². The Morgan fingerprint density at radius 2 is 1.56 bits per heavy atom. The highest BCUT2D eigenvalue weighted by atomic mass is 28.1. The average molecular weight is 148 g/mol. The van der Waals surface area contributed by atoms with Crippen LogP contribution >= 0.6 is 0 Å². The molecule has 0 heterocycles. The monoisotopic (exact) mass is 148 g/mol. The summed E-state index contributed by atoms with van der Waals surface area (Å²) in [6.45, 7) is 4.93. The lowest BCUT2D eigenvalue weighted by molar-refractivity contribution is -0.107. The van der Waals surface area contributed by atoms with E-state index in [4.69, 9.17) is 0 Å². The molecule has 9 heavy (non-hydrogen) atoms. The topological polar surface area (TPSA) is 40.5 Å². The van der Waals surface area contributed by atoms with E-state index in [0.29, 0.717) is 6.04 Å². The predicted molar refractivity (Wildman–Crippen MR) is 41.7 cm³/mol. The summed E-state index contributed by atoms with van der Waals surface area (Å²) in [7, 11) is 0.918. The molecule has 0 amide bonds. The molecule has 1 unspecified atom stereocenters. The zero-order valence-corrected chi connectivity index (χ0v) is 8.60. The van der Waals surface area contributed by atoms with Gasteiger partial charge in [0.15, 0.2) is 0 Å². The van der Waals surface area contributed by atoms with E-state index in [9.17, 15) is 10.2 Å². The van der Waals surface area contributed by atoms with Crippen molar-refractivity contribution in [3.8, 4) is 0 Å². The summed E-state index contributed by atoms with van der Waals surface area (Å²) in [6.07, 6.45) is 0. The second-order valence-corrected chi connectivity index (χ2v) is 3.89. The molecule has 0 radical (unpaired) electrons. The minimum Gasteiger partial charge on any atom is -0.388 e. The second-order valence-electron chi connectivity index (χ2n) is 3.19. The SMILES string of the molecule is CC(C)(O)C(C)(O)C[SiH3]. The van der Waals surface area contributed by atoms with E-state index in [1.807, 2.05) is 0 Å². The van der Waals surface area contributed by atoms with Crippen LogP contribution in [0.5, 0.6) is 0 Å². The molecule has 2 N–H and O–H groups in total. The van der Waals surface area contributed by atoms with Crippen molar-refractivity contribution in [2.24, 2.45) is 0 Å². The van der Waals surface area contributed by atoms with Gasteiger partial charge in [-0.2, -0.15) is 0 Å². The minimum atomic E-state index is -0.964. The molecule has 1 atom stereocenters. The first kappa shape index (κ1) is 9.14.